The van der Waals surface area contributed by atoms with Crippen molar-refractivity contribution in [1.29, 1.82) is 0 Å². The maximum Gasteiger partial charge on any atom is 0.472 e. The van der Waals surface area contributed by atoms with Gasteiger partial charge in [0.05, 0.1) is 31.5 Å². The molecule has 0 radical (unpaired) electrons. The Morgan fingerprint density at radius 2 is 1.45 bits per heavy atom. The Balaban J connectivity index is 2.48. The number of rotatable bonds is 33. The summed E-state index contributed by atoms with van der Waals surface area (Å²) in [5.41, 5.74) is 5.32. The molecular weight excluding hydrogens is 705 g/mol. The first kappa shape index (κ1) is 49.1. The quantitative estimate of drug-likeness (QED) is 0.0212. The lowest BCUT2D eigenvalue weighted by atomic mass is 9.87. The predicted octanol–water partition coefficient (Wildman–Crippen LogP) is 6.39. The zero-order chi connectivity index (χ0) is 39.3. The molecule has 0 aliphatic heterocycles. The lowest BCUT2D eigenvalue weighted by Crippen LogP contribution is -2.29. The molecule has 1 saturated carbocycles. The van der Waals surface area contributed by atoms with Crippen LogP contribution in [-0.2, 0) is 37.5 Å². The highest BCUT2D eigenvalue weighted by Crippen LogP contribution is 2.43. The number of ether oxygens (including phenoxy) is 2. The molecule has 0 aromatic rings. The highest BCUT2D eigenvalue weighted by atomic mass is 31.2. The minimum atomic E-state index is -4.46. The third-order valence-corrected chi connectivity index (χ3v) is 10.3. The van der Waals surface area contributed by atoms with E-state index in [0.29, 0.717) is 25.7 Å². The number of allylic oxidation sites excluding steroid dienone is 2. The molecule has 13 nitrogen and oxygen atoms in total. The van der Waals surface area contributed by atoms with E-state index < -0.39 is 69.2 Å². The number of carbonyl (C=O) groups excluding carboxylic acids is 3. The maximum atomic E-state index is 12.8. The van der Waals surface area contributed by atoms with Crippen molar-refractivity contribution in [2.45, 2.75) is 167 Å². The van der Waals surface area contributed by atoms with Crippen molar-refractivity contribution in [3.05, 3.63) is 24.3 Å². The number of esters is 2. The zero-order valence-electron chi connectivity index (χ0n) is 32.3. The normalized spacial score (nSPS) is 21.2. The van der Waals surface area contributed by atoms with E-state index in [0.717, 1.165) is 57.8 Å². The van der Waals surface area contributed by atoms with E-state index >= 15 is 0 Å². The third kappa shape index (κ3) is 24.9. The second-order valence-electron chi connectivity index (χ2n) is 14.1. The van der Waals surface area contributed by atoms with Gasteiger partial charge in [-0.2, -0.15) is 0 Å². The van der Waals surface area contributed by atoms with Gasteiger partial charge in [-0.05, 0) is 44.9 Å². The van der Waals surface area contributed by atoms with Crippen molar-refractivity contribution in [3.63, 3.8) is 0 Å². The Kier molecular flexibility index (Phi) is 28.0. The molecule has 1 fully saturated rings. The van der Waals surface area contributed by atoms with Gasteiger partial charge in [0.1, 0.15) is 12.4 Å². The van der Waals surface area contributed by atoms with Gasteiger partial charge in [0.2, 0.25) is 0 Å². The fourth-order valence-electron chi connectivity index (χ4n) is 6.20. The van der Waals surface area contributed by atoms with Crippen LogP contribution in [0, 0.1) is 11.8 Å². The fraction of sp³-hybridized carbons (Fsp3) is 0.821. The van der Waals surface area contributed by atoms with Crippen LogP contribution in [0.1, 0.15) is 142 Å². The fourth-order valence-corrected chi connectivity index (χ4v) is 6.96. The predicted molar refractivity (Wildman–Crippen MR) is 204 cm³/mol. The minimum Gasteiger partial charge on any atom is -0.462 e. The number of Topliss-reactive ketones (excluding diaryl/α,β-unsaturated/α-hetero) is 1. The molecule has 0 amide bonds. The topological polar surface area (TPSA) is 212 Å². The summed E-state index contributed by atoms with van der Waals surface area (Å²) in [6.07, 6.45) is 18.6. The molecule has 0 spiro atoms. The van der Waals surface area contributed by atoms with Gasteiger partial charge in [-0.1, -0.05) is 89.5 Å². The number of hydrogen-bond donors (Lipinski definition) is 5. The van der Waals surface area contributed by atoms with Gasteiger partial charge in [-0.25, -0.2) is 4.57 Å². The molecule has 0 aromatic heterocycles. The number of phosphoric ester groups is 1. The summed E-state index contributed by atoms with van der Waals surface area (Å²) in [5, 5.41) is 31.2. The Bertz CT molecular complexity index is 1100. The van der Waals surface area contributed by atoms with E-state index in [9.17, 15) is 39.2 Å². The second kappa shape index (κ2) is 30.3. The van der Waals surface area contributed by atoms with Crippen LogP contribution in [0.4, 0.5) is 0 Å². The number of nitrogens with two attached hydrogens (primary N) is 1. The molecule has 0 saturated heterocycles. The summed E-state index contributed by atoms with van der Waals surface area (Å²) >= 11 is 0. The average Bonchev–Trinajstić information content (AvgIpc) is 3.38. The first-order valence-corrected chi connectivity index (χ1v) is 21.5. The third-order valence-electron chi connectivity index (χ3n) is 9.29. The van der Waals surface area contributed by atoms with E-state index in [1.165, 1.54) is 12.8 Å². The first-order chi connectivity index (χ1) is 25.4. The smallest absolute Gasteiger partial charge is 0.462 e. The lowest BCUT2D eigenvalue weighted by Gasteiger charge is -2.20. The number of ketones is 1. The summed E-state index contributed by atoms with van der Waals surface area (Å²) in [6, 6.07) is 0. The van der Waals surface area contributed by atoms with Crippen molar-refractivity contribution < 1.29 is 57.7 Å². The molecule has 7 atom stereocenters. The summed E-state index contributed by atoms with van der Waals surface area (Å²) in [4.78, 5) is 47.7. The van der Waals surface area contributed by atoms with Crippen LogP contribution in [0.25, 0.3) is 0 Å². The summed E-state index contributed by atoms with van der Waals surface area (Å²) < 4.78 is 32.5. The number of aliphatic hydroxyl groups excluding tert-OH is 3. The number of phosphoric acid groups is 1. The standard InChI is InChI=1S/C39H70NO12P/c1-3-5-7-8-9-10-11-12-13-14-16-22-39(46)52-33(30-51-53(47,48)50-26-25-40)29-49-38(45)21-18-17-20-32(42)27-35-34(36(43)28-37(35)44)24-23-31(41)19-15-6-4-2/h8-9,23-24,31,33-37,41,43-44H,3-7,10-22,25-30,40H2,1-2H3,(H,47,48)/b9-8-,24-23+/t31-,33+,34+,35+,36+,37-/m0/s1. The molecule has 308 valence electrons. The number of hydrogen-bond acceptors (Lipinski definition) is 12. The molecule has 14 heteroatoms. The molecule has 0 bridgehead atoms. The Morgan fingerprint density at radius 1 is 0.811 bits per heavy atom. The number of aliphatic hydroxyl groups is 3. The van der Waals surface area contributed by atoms with Crippen molar-refractivity contribution in [3.8, 4) is 0 Å². The minimum absolute atomic E-state index is 0.00101. The Morgan fingerprint density at radius 3 is 2.17 bits per heavy atom. The molecule has 1 aliphatic carbocycles. The lowest BCUT2D eigenvalue weighted by molar-refractivity contribution is -0.161. The highest BCUT2D eigenvalue weighted by Gasteiger charge is 2.41. The van der Waals surface area contributed by atoms with Crippen molar-refractivity contribution in [2.24, 2.45) is 17.6 Å². The first-order valence-electron chi connectivity index (χ1n) is 20.0. The van der Waals surface area contributed by atoms with Gasteiger partial charge >= 0.3 is 19.8 Å². The number of unbranched alkanes of at least 4 members (excludes halogenated alkanes) is 10. The van der Waals surface area contributed by atoms with Gasteiger partial charge in [0.25, 0.3) is 0 Å². The monoisotopic (exact) mass is 775 g/mol. The maximum absolute atomic E-state index is 12.8. The molecule has 53 heavy (non-hydrogen) atoms. The van der Waals surface area contributed by atoms with E-state index in [1.807, 2.05) is 0 Å². The van der Waals surface area contributed by atoms with Crippen LogP contribution in [0.2, 0.25) is 0 Å². The molecule has 1 unspecified atom stereocenters. The molecule has 1 rings (SSSR count). The van der Waals surface area contributed by atoms with E-state index in [-0.39, 0.29) is 51.0 Å². The zero-order valence-corrected chi connectivity index (χ0v) is 33.2. The van der Waals surface area contributed by atoms with Crippen LogP contribution in [0.5, 0.6) is 0 Å². The Labute approximate surface area is 317 Å². The van der Waals surface area contributed by atoms with Crippen LogP contribution in [0.3, 0.4) is 0 Å². The Hall–Kier alpha value is -1.96. The molecule has 1 aliphatic rings. The second-order valence-corrected chi connectivity index (χ2v) is 15.6. The average molecular weight is 776 g/mol. The SMILES string of the molecule is CCCC/C=C\CCCCCCCC(=O)O[C@H](COC(=O)CCCCC(=O)C[C@@H]1[C@@H](/C=C/[C@@H](O)CCCCC)[C@H](O)C[C@@H]1O)COP(=O)(O)OCCN. The summed E-state index contributed by atoms with van der Waals surface area (Å²) in [5.74, 6) is -2.11. The molecule has 0 aromatic carbocycles. The molecule has 0 heterocycles. The van der Waals surface area contributed by atoms with Gasteiger partial charge < -0.3 is 35.4 Å². The van der Waals surface area contributed by atoms with Crippen molar-refractivity contribution >= 4 is 25.5 Å². The van der Waals surface area contributed by atoms with E-state index in [1.54, 1.807) is 12.2 Å². The van der Waals surface area contributed by atoms with Gasteiger partial charge in [-0.3, -0.25) is 23.4 Å². The van der Waals surface area contributed by atoms with Crippen LogP contribution < -0.4 is 5.73 Å². The van der Waals surface area contributed by atoms with Gasteiger partial charge in [0, 0.05) is 50.5 Å². The van der Waals surface area contributed by atoms with Gasteiger partial charge in [-0.15, -0.1) is 0 Å². The summed E-state index contributed by atoms with van der Waals surface area (Å²) in [7, 11) is -4.46. The van der Waals surface area contributed by atoms with Gasteiger partial charge in [0.15, 0.2) is 6.10 Å². The summed E-state index contributed by atoms with van der Waals surface area (Å²) in [6.45, 7) is 3.12. The largest absolute Gasteiger partial charge is 0.472 e. The highest BCUT2D eigenvalue weighted by molar-refractivity contribution is 7.47. The van der Waals surface area contributed by atoms with Crippen LogP contribution in [-0.4, -0.2) is 88.7 Å². The van der Waals surface area contributed by atoms with Crippen LogP contribution >= 0.6 is 7.82 Å². The van der Waals surface area contributed by atoms with Crippen molar-refractivity contribution in [2.75, 3.05) is 26.4 Å². The molecule has 6 N–H and O–H groups in total. The van der Waals surface area contributed by atoms with E-state index in [4.69, 9.17) is 24.3 Å². The van der Waals surface area contributed by atoms with Crippen LogP contribution in [0.15, 0.2) is 24.3 Å². The van der Waals surface area contributed by atoms with Crippen molar-refractivity contribution in [1.82, 2.24) is 0 Å². The van der Waals surface area contributed by atoms with E-state index in [2.05, 4.69) is 26.0 Å². The molecular formula is C39H70NO12P. The number of carbonyl (C=O) groups is 3.